The zero-order valence-electron chi connectivity index (χ0n) is 14.7. The molecule has 2 heterocycles. The molecule has 0 saturated carbocycles. The number of carbonyl (C=O) groups excluding carboxylic acids is 1. The number of amides is 1. The Morgan fingerprint density at radius 1 is 1.31 bits per heavy atom. The molecule has 1 fully saturated rings. The Morgan fingerprint density at radius 3 is 2.65 bits per heavy atom. The molecule has 1 amide bonds. The summed E-state index contributed by atoms with van der Waals surface area (Å²) in [6.07, 6.45) is 1.89. The van der Waals surface area contributed by atoms with Crippen LogP contribution in [0.1, 0.15) is 40.6 Å². The van der Waals surface area contributed by atoms with Crippen molar-refractivity contribution in [2.45, 2.75) is 32.4 Å². The largest absolute Gasteiger partial charge is 0.336 e. The molecule has 0 bridgehead atoms. The Hall–Kier alpha value is -2.06. The number of nitrogens with zero attached hydrogens (tertiary/aromatic N) is 4. The van der Waals surface area contributed by atoms with Gasteiger partial charge in [0.15, 0.2) is 17.3 Å². The lowest BCUT2D eigenvalue weighted by molar-refractivity contribution is 0.0778. The second-order valence-corrected chi connectivity index (χ2v) is 6.36. The van der Waals surface area contributed by atoms with Crippen molar-refractivity contribution < 1.29 is 13.6 Å². The fourth-order valence-electron chi connectivity index (χ4n) is 3.10. The Balaban J connectivity index is 0.00000243. The highest BCUT2D eigenvalue weighted by Gasteiger charge is 2.24. The van der Waals surface area contributed by atoms with Gasteiger partial charge in [0.1, 0.15) is 0 Å². The molecule has 9 heteroatoms. The number of rotatable bonds is 4. The van der Waals surface area contributed by atoms with E-state index in [9.17, 15) is 13.6 Å². The minimum atomic E-state index is -0.925. The first-order valence-corrected chi connectivity index (χ1v) is 8.29. The van der Waals surface area contributed by atoms with Crippen LogP contribution in [0.4, 0.5) is 8.78 Å². The maximum atomic E-state index is 13.3. The minimum Gasteiger partial charge on any atom is -0.336 e. The molecule has 6 nitrogen and oxygen atoms in total. The number of aromatic nitrogens is 3. The van der Waals surface area contributed by atoms with E-state index in [1.54, 1.807) is 7.05 Å². The molecule has 0 atom stereocenters. The third-order valence-corrected chi connectivity index (χ3v) is 4.54. The van der Waals surface area contributed by atoms with Gasteiger partial charge in [-0.25, -0.2) is 13.5 Å². The number of halogens is 3. The Labute approximate surface area is 157 Å². The van der Waals surface area contributed by atoms with E-state index in [1.807, 2.05) is 11.6 Å². The number of nitrogens with one attached hydrogen (secondary N) is 1. The maximum Gasteiger partial charge on any atom is 0.276 e. The summed E-state index contributed by atoms with van der Waals surface area (Å²) in [6, 6.07) is 3.85. The number of hydrogen-bond donors (Lipinski definition) is 1. The fourth-order valence-corrected chi connectivity index (χ4v) is 3.10. The van der Waals surface area contributed by atoms with Crippen LogP contribution in [0.2, 0.25) is 0 Å². The van der Waals surface area contributed by atoms with Gasteiger partial charge in [-0.2, -0.15) is 0 Å². The second-order valence-electron chi connectivity index (χ2n) is 6.36. The molecular weight excluding hydrogens is 364 g/mol. The molecule has 1 aliphatic heterocycles. The van der Waals surface area contributed by atoms with Crippen LogP contribution in [0.15, 0.2) is 18.2 Å². The van der Waals surface area contributed by atoms with Crippen molar-refractivity contribution in [3.05, 3.63) is 46.8 Å². The SMILES string of the molecule is Cc1c(C(=O)N(C)Cc2ccc(F)c(F)c2)nnn1C1CCNCC1.Cl. The van der Waals surface area contributed by atoms with Crippen LogP contribution < -0.4 is 5.32 Å². The summed E-state index contributed by atoms with van der Waals surface area (Å²) in [7, 11) is 1.60. The third-order valence-electron chi connectivity index (χ3n) is 4.54. The lowest BCUT2D eigenvalue weighted by Crippen LogP contribution is -2.30. The smallest absolute Gasteiger partial charge is 0.276 e. The van der Waals surface area contributed by atoms with Crippen molar-refractivity contribution in [2.75, 3.05) is 20.1 Å². The molecule has 3 rings (SSSR count). The molecule has 1 aliphatic rings. The highest BCUT2D eigenvalue weighted by atomic mass is 35.5. The van der Waals surface area contributed by atoms with Crippen LogP contribution >= 0.6 is 12.4 Å². The van der Waals surface area contributed by atoms with Crippen molar-refractivity contribution in [2.24, 2.45) is 0 Å². The topological polar surface area (TPSA) is 63.1 Å². The van der Waals surface area contributed by atoms with E-state index in [0.29, 0.717) is 11.3 Å². The van der Waals surface area contributed by atoms with Gasteiger partial charge in [-0.3, -0.25) is 4.79 Å². The Morgan fingerprint density at radius 2 is 2.00 bits per heavy atom. The number of hydrogen-bond acceptors (Lipinski definition) is 4. The summed E-state index contributed by atoms with van der Waals surface area (Å²) >= 11 is 0. The summed E-state index contributed by atoms with van der Waals surface area (Å²) in [6.45, 7) is 3.84. The van der Waals surface area contributed by atoms with Gasteiger partial charge in [-0.05, 0) is 50.6 Å². The minimum absolute atomic E-state index is 0. The summed E-state index contributed by atoms with van der Waals surface area (Å²) in [4.78, 5) is 14.1. The predicted octanol–water partition coefficient (Wildman–Crippen LogP) is 2.48. The molecule has 0 spiro atoms. The van der Waals surface area contributed by atoms with Gasteiger partial charge in [0.2, 0.25) is 0 Å². The Bertz CT molecular complexity index is 777. The third kappa shape index (κ3) is 4.19. The molecule has 1 saturated heterocycles. The fraction of sp³-hybridized carbons (Fsp3) is 0.471. The first-order chi connectivity index (χ1) is 12.0. The molecule has 1 N–H and O–H groups in total. The van der Waals surface area contributed by atoms with E-state index in [0.717, 1.165) is 43.8 Å². The molecule has 26 heavy (non-hydrogen) atoms. The predicted molar refractivity (Wildman–Crippen MR) is 95.3 cm³/mol. The van der Waals surface area contributed by atoms with Crippen LogP contribution in [0.5, 0.6) is 0 Å². The van der Waals surface area contributed by atoms with Crippen LogP contribution in [-0.4, -0.2) is 45.9 Å². The van der Waals surface area contributed by atoms with Crippen molar-refractivity contribution >= 4 is 18.3 Å². The Kier molecular flexibility index (Phi) is 6.66. The molecule has 1 aromatic heterocycles. The average molecular weight is 386 g/mol. The molecule has 0 aliphatic carbocycles. The monoisotopic (exact) mass is 385 g/mol. The van der Waals surface area contributed by atoms with E-state index in [1.165, 1.54) is 11.0 Å². The summed E-state index contributed by atoms with van der Waals surface area (Å²) < 4.78 is 28.1. The van der Waals surface area contributed by atoms with Gasteiger partial charge in [-0.15, -0.1) is 17.5 Å². The first-order valence-electron chi connectivity index (χ1n) is 8.29. The number of carbonyl (C=O) groups is 1. The standard InChI is InChI=1S/C17H21F2N5O.ClH/c1-11-16(21-22-24(11)13-5-7-20-8-6-13)17(25)23(2)10-12-3-4-14(18)15(19)9-12;/h3-4,9,13,20H,5-8,10H2,1-2H3;1H. The molecule has 2 aromatic rings. The average Bonchev–Trinajstić information content (AvgIpc) is 2.99. The molecule has 142 valence electrons. The zero-order chi connectivity index (χ0) is 18.0. The van der Waals surface area contributed by atoms with E-state index in [2.05, 4.69) is 15.6 Å². The van der Waals surface area contributed by atoms with Gasteiger partial charge in [-0.1, -0.05) is 11.3 Å². The highest BCUT2D eigenvalue weighted by molar-refractivity contribution is 5.93. The summed E-state index contributed by atoms with van der Waals surface area (Å²) in [5, 5.41) is 11.5. The highest BCUT2D eigenvalue weighted by Crippen LogP contribution is 2.21. The van der Waals surface area contributed by atoms with Crippen molar-refractivity contribution in [1.29, 1.82) is 0 Å². The van der Waals surface area contributed by atoms with E-state index < -0.39 is 11.6 Å². The van der Waals surface area contributed by atoms with E-state index >= 15 is 0 Å². The number of benzene rings is 1. The maximum absolute atomic E-state index is 13.3. The quantitative estimate of drug-likeness (QED) is 0.878. The van der Waals surface area contributed by atoms with Gasteiger partial charge >= 0.3 is 0 Å². The van der Waals surface area contributed by atoms with Gasteiger partial charge in [0.05, 0.1) is 11.7 Å². The van der Waals surface area contributed by atoms with E-state index in [4.69, 9.17) is 0 Å². The number of piperidine rings is 1. The van der Waals surface area contributed by atoms with E-state index in [-0.39, 0.29) is 30.9 Å². The molecule has 0 radical (unpaired) electrons. The zero-order valence-corrected chi connectivity index (χ0v) is 15.5. The second kappa shape index (κ2) is 8.55. The van der Waals surface area contributed by atoms with Crippen molar-refractivity contribution in [3.8, 4) is 0 Å². The molecule has 0 unspecified atom stereocenters. The van der Waals surface area contributed by atoms with Gasteiger partial charge < -0.3 is 10.2 Å². The molecule has 1 aromatic carbocycles. The summed E-state index contributed by atoms with van der Waals surface area (Å²) in [5.41, 5.74) is 1.54. The van der Waals surface area contributed by atoms with Crippen molar-refractivity contribution in [3.63, 3.8) is 0 Å². The van der Waals surface area contributed by atoms with Crippen LogP contribution in [-0.2, 0) is 6.54 Å². The lowest BCUT2D eigenvalue weighted by Gasteiger charge is -2.23. The van der Waals surface area contributed by atoms with Crippen LogP contribution in [0.25, 0.3) is 0 Å². The van der Waals surface area contributed by atoms with Gasteiger partial charge in [0, 0.05) is 13.6 Å². The first kappa shape index (κ1) is 20.3. The van der Waals surface area contributed by atoms with Crippen molar-refractivity contribution in [1.82, 2.24) is 25.2 Å². The van der Waals surface area contributed by atoms with Crippen LogP contribution in [0.3, 0.4) is 0 Å². The molecular formula is C17H22ClF2N5O. The van der Waals surface area contributed by atoms with Crippen LogP contribution in [0, 0.1) is 18.6 Å². The summed E-state index contributed by atoms with van der Waals surface area (Å²) in [5.74, 6) is -2.12. The van der Waals surface area contributed by atoms with Gasteiger partial charge in [0.25, 0.3) is 5.91 Å². The lowest BCUT2D eigenvalue weighted by atomic mass is 10.1. The normalized spacial score (nSPS) is 14.8.